The van der Waals surface area contributed by atoms with E-state index in [1.807, 2.05) is 30.3 Å². The van der Waals surface area contributed by atoms with E-state index in [0.29, 0.717) is 5.82 Å². The number of furan rings is 1. The first-order chi connectivity index (χ1) is 28.0. The Kier molecular flexibility index (Phi) is 6.65. The number of hydrogen-bond donors (Lipinski definition) is 0. The van der Waals surface area contributed by atoms with Crippen LogP contribution in [0.3, 0.4) is 0 Å². The summed E-state index contributed by atoms with van der Waals surface area (Å²) < 4.78 is 8.94. The summed E-state index contributed by atoms with van der Waals surface area (Å²) in [5.74, 6) is 0.680. The van der Waals surface area contributed by atoms with Crippen molar-refractivity contribution in [1.29, 1.82) is 0 Å². The van der Waals surface area contributed by atoms with Gasteiger partial charge in [0.25, 0.3) is 0 Å². The van der Waals surface area contributed by atoms with Crippen LogP contribution >= 0.6 is 0 Å². The number of fused-ring (bicyclic) bond motifs is 10. The molecule has 0 bridgehead atoms. The largest absolute Gasteiger partial charge is 0.456 e. The predicted octanol–water partition coefficient (Wildman–Crippen LogP) is 13.9. The molecule has 3 heterocycles. The molecule has 1 aliphatic carbocycles. The van der Waals surface area contributed by atoms with Crippen molar-refractivity contribution in [2.45, 2.75) is 19.3 Å². The fraction of sp³-hybridized carbons (Fsp3) is 0.0566. The van der Waals surface area contributed by atoms with Crippen LogP contribution in [-0.2, 0) is 5.41 Å². The van der Waals surface area contributed by atoms with Crippen LogP contribution < -0.4 is 0 Å². The van der Waals surface area contributed by atoms with Crippen LogP contribution in [-0.4, -0.2) is 14.5 Å². The third kappa shape index (κ3) is 4.68. The van der Waals surface area contributed by atoms with E-state index in [-0.39, 0.29) is 5.41 Å². The van der Waals surface area contributed by atoms with Gasteiger partial charge in [0, 0.05) is 49.2 Å². The molecule has 3 aromatic heterocycles. The SMILES string of the molecule is CC1(C)c2ccccc2-c2cc3c(cc21)c1cc(-c2ccc4oc5cccc(-c6nc(-c7ccccc7)c7ccccc7n6)c5c4c2)ccc1n3-c1ccccc1. The Balaban J connectivity index is 1.07. The molecule has 268 valence electrons. The van der Waals surface area contributed by atoms with Gasteiger partial charge in [-0.15, -0.1) is 0 Å². The van der Waals surface area contributed by atoms with Crippen LogP contribution in [0.15, 0.2) is 180 Å². The summed E-state index contributed by atoms with van der Waals surface area (Å²) in [5, 5.41) is 5.58. The van der Waals surface area contributed by atoms with E-state index in [1.54, 1.807) is 0 Å². The average molecular weight is 730 g/mol. The van der Waals surface area contributed by atoms with Gasteiger partial charge in [-0.3, -0.25) is 0 Å². The Morgan fingerprint density at radius 1 is 0.456 bits per heavy atom. The molecule has 57 heavy (non-hydrogen) atoms. The van der Waals surface area contributed by atoms with E-state index in [4.69, 9.17) is 14.4 Å². The molecule has 8 aromatic carbocycles. The van der Waals surface area contributed by atoms with Crippen LogP contribution in [0.5, 0.6) is 0 Å². The fourth-order valence-electron chi connectivity index (χ4n) is 9.45. The average Bonchev–Trinajstić information content (AvgIpc) is 3.87. The molecule has 12 rings (SSSR count). The standard InChI is InChI=1S/C53H35N3O/c1-53(2)43-21-11-9-18-36(43)39-31-47-41(30-44(39)53)40-28-33(24-26-46(40)56(47)35-16-7-4-8-17-35)34-25-27-48-42(29-34)50-38(20-13-23-49(50)57-48)52-54-45-22-12-10-19-37(45)51(55-52)32-14-5-3-6-15-32/h3-31H,1-2H3. The highest BCUT2D eigenvalue weighted by molar-refractivity contribution is 6.15. The van der Waals surface area contributed by atoms with Gasteiger partial charge in [0.15, 0.2) is 5.82 Å². The Labute approximate surface area is 329 Å². The third-order valence-electron chi connectivity index (χ3n) is 12.2. The van der Waals surface area contributed by atoms with Gasteiger partial charge in [0.2, 0.25) is 0 Å². The number of benzene rings is 8. The molecule has 0 spiro atoms. The maximum atomic E-state index is 6.52. The van der Waals surface area contributed by atoms with E-state index in [9.17, 15) is 0 Å². The van der Waals surface area contributed by atoms with Gasteiger partial charge in [-0.2, -0.15) is 0 Å². The number of aromatic nitrogens is 3. The molecule has 4 nitrogen and oxygen atoms in total. The minimum absolute atomic E-state index is 0.0966. The summed E-state index contributed by atoms with van der Waals surface area (Å²) in [6.07, 6.45) is 0. The van der Waals surface area contributed by atoms with Crippen LogP contribution in [0.1, 0.15) is 25.0 Å². The Bertz CT molecular complexity index is 3430. The van der Waals surface area contributed by atoms with Crippen LogP contribution in [0.4, 0.5) is 0 Å². The number of nitrogens with zero attached hydrogens (tertiary/aromatic N) is 3. The van der Waals surface area contributed by atoms with Gasteiger partial charge in [0.05, 0.1) is 22.2 Å². The number of rotatable bonds is 4. The maximum absolute atomic E-state index is 6.52. The van der Waals surface area contributed by atoms with Crippen molar-refractivity contribution in [3.8, 4) is 50.6 Å². The van der Waals surface area contributed by atoms with Gasteiger partial charge < -0.3 is 8.98 Å². The molecule has 0 unspecified atom stereocenters. The maximum Gasteiger partial charge on any atom is 0.161 e. The molecule has 0 atom stereocenters. The first kappa shape index (κ1) is 32.0. The molecule has 0 fully saturated rings. The molecule has 0 radical (unpaired) electrons. The Hall–Kier alpha value is -7.30. The molecule has 0 aliphatic heterocycles. The first-order valence-electron chi connectivity index (χ1n) is 19.6. The molecule has 0 saturated heterocycles. The molecule has 0 amide bonds. The Morgan fingerprint density at radius 3 is 2.02 bits per heavy atom. The molecule has 1 aliphatic rings. The minimum Gasteiger partial charge on any atom is -0.456 e. The summed E-state index contributed by atoms with van der Waals surface area (Å²) in [6, 6.07) is 62.8. The topological polar surface area (TPSA) is 43.9 Å². The zero-order valence-electron chi connectivity index (χ0n) is 31.5. The molecule has 0 N–H and O–H groups in total. The summed E-state index contributed by atoms with van der Waals surface area (Å²) >= 11 is 0. The highest BCUT2D eigenvalue weighted by atomic mass is 16.3. The van der Waals surface area contributed by atoms with Crippen molar-refractivity contribution in [3.63, 3.8) is 0 Å². The second-order valence-corrected chi connectivity index (χ2v) is 15.8. The lowest BCUT2D eigenvalue weighted by Gasteiger charge is -2.21. The summed E-state index contributed by atoms with van der Waals surface area (Å²) in [7, 11) is 0. The monoisotopic (exact) mass is 729 g/mol. The first-order valence-corrected chi connectivity index (χ1v) is 19.6. The van der Waals surface area contributed by atoms with Gasteiger partial charge in [-0.25, -0.2) is 9.97 Å². The van der Waals surface area contributed by atoms with Gasteiger partial charge >= 0.3 is 0 Å². The number of para-hydroxylation sites is 2. The molecule has 4 heteroatoms. The predicted molar refractivity (Wildman–Crippen MR) is 235 cm³/mol. The molecule has 0 saturated carbocycles. The van der Waals surface area contributed by atoms with E-state index < -0.39 is 0 Å². The van der Waals surface area contributed by atoms with Crippen molar-refractivity contribution < 1.29 is 4.42 Å². The van der Waals surface area contributed by atoms with E-state index >= 15 is 0 Å². The fourth-order valence-corrected chi connectivity index (χ4v) is 9.45. The minimum atomic E-state index is -0.0966. The number of hydrogen-bond acceptors (Lipinski definition) is 3. The van der Waals surface area contributed by atoms with Gasteiger partial charge in [-0.1, -0.05) is 129 Å². The highest BCUT2D eigenvalue weighted by Gasteiger charge is 2.36. The van der Waals surface area contributed by atoms with Crippen molar-refractivity contribution in [1.82, 2.24) is 14.5 Å². The third-order valence-corrected chi connectivity index (χ3v) is 12.2. The van der Waals surface area contributed by atoms with Crippen molar-refractivity contribution >= 4 is 54.6 Å². The lowest BCUT2D eigenvalue weighted by atomic mass is 9.82. The van der Waals surface area contributed by atoms with Gasteiger partial charge in [0.1, 0.15) is 11.2 Å². The summed E-state index contributed by atoms with van der Waals surface area (Å²) in [5.41, 5.74) is 16.6. The van der Waals surface area contributed by atoms with Gasteiger partial charge in [-0.05, 0) is 94.0 Å². The van der Waals surface area contributed by atoms with E-state index in [1.165, 1.54) is 44.1 Å². The van der Waals surface area contributed by atoms with E-state index in [2.05, 4.69) is 164 Å². The van der Waals surface area contributed by atoms with Crippen molar-refractivity contribution in [3.05, 3.63) is 187 Å². The molecular weight excluding hydrogens is 695 g/mol. The second-order valence-electron chi connectivity index (χ2n) is 15.8. The van der Waals surface area contributed by atoms with Crippen LogP contribution in [0.25, 0.3) is 105 Å². The molecule has 11 aromatic rings. The zero-order chi connectivity index (χ0) is 37.8. The lowest BCUT2D eigenvalue weighted by Crippen LogP contribution is -2.14. The van der Waals surface area contributed by atoms with Crippen molar-refractivity contribution in [2.75, 3.05) is 0 Å². The molecular formula is C53H35N3O. The highest BCUT2D eigenvalue weighted by Crippen LogP contribution is 2.51. The Morgan fingerprint density at radius 2 is 1.16 bits per heavy atom. The van der Waals surface area contributed by atoms with E-state index in [0.717, 1.165) is 66.5 Å². The second kappa shape index (κ2) is 11.8. The van der Waals surface area contributed by atoms with Crippen molar-refractivity contribution in [2.24, 2.45) is 0 Å². The lowest BCUT2D eigenvalue weighted by molar-refractivity contribution is 0.661. The normalized spacial score (nSPS) is 13.2. The summed E-state index contributed by atoms with van der Waals surface area (Å²) in [4.78, 5) is 10.4. The van der Waals surface area contributed by atoms with Crippen LogP contribution in [0, 0.1) is 0 Å². The smallest absolute Gasteiger partial charge is 0.161 e. The summed E-state index contributed by atoms with van der Waals surface area (Å²) in [6.45, 7) is 4.71. The van der Waals surface area contributed by atoms with Crippen LogP contribution in [0.2, 0.25) is 0 Å². The zero-order valence-corrected chi connectivity index (χ0v) is 31.5. The quantitative estimate of drug-likeness (QED) is 0.181.